The number of aromatic nitrogens is 1. The molecular weight excluding hydrogens is 648 g/mol. The maximum absolute atomic E-state index is 14.2. The van der Waals surface area contributed by atoms with Gasteiger partial charge < -0.3 is 39.3 Å². The molecule has 3 fully saturated rings. The highest BCUT2D eigenvalue weighted by atomic mass is 16.6. The van der Waals surface area contributed by atoms with Crippen molar-refractivity contribution >= 4 is 34.6 Å². The molecule has 4 aliphatic rings. The van der Waals surface area contributed by atoms with E-state index < -0.39 is 12.2 Å². The molecule has 272 valence electrons. The van der Waals surface area contributed by atoms with Gasteiger partial charge in [-0.25, -0.2) is 9.59 Å². The number of urea groups is 1. The van der Waals surface area contributed by atoms with Crippen LogP contribution in [0.1, 0.15) is 55.2 Å². The first kappa shape index (κ1) is 35.0. The van der Waals surface area contributed by atoms with Crippen LogP contribution in [0.2, 0.25) is 0 Å². The normalized spacial score (nSPS) is 20.5. The van der Waals surface area contributed by atoms with E-state index in [9.17, 15) is 24.3 Å². The standard InChI is InChI=1S/C39H50N6O6/c1-26-23-27(24-29-7-8-35(47)41(2)36(26)29)25-34(37(48)43-16-10-30(11-17-43)42-20-14-32(46)15-21-42)51-39(50)44-18-12-31(13-19-44)45-22-9-28-5-3-4-6-33(28)40-38(45)49/h3-8,23-24,30-32,34,46H,9-22,25H2,1-2H3,(H,40,49)/t34-/m1/s1. The number of anilines is 1. The number of rotatable bonds is 6. The average molecular weight is 699 g/mol. The van der Waals surface area contributed by atoms with Crippen molar-refractivity contribution in [2.75, 3.05) is 51.1 Å². The predicted molar refractivity (Wildman–Crippen MR) is 195 cm³/mol. The Hall–Kier alpha value is -4.42. The van der Waals surface area contributed by atoms with Gasteiger partial charge in [-0.1, -0.05) is 24.3 Å². The summed E-state index contributed by atoms with van der Waals surface area (Å²) >= 11 is 0. The summed E-state index contributed by atoms with van der Waals surface area (Å²) in [5.74, 6) is -0.190. The molecular formula is C39H50N6O6. The number of fused-ring (bicyclic) bond motifs is 2. The van der Waals surface area contributed by atoms with Crippen LogP contribution in [-0.2, 0) is 29.4 Å². The summed E-state index contributed by atoms with van der Waals surface area (Å²) in [6.07, 6.45) is 3.76. The van der Waals surface area contributed by atoms with Gasteiger partial charge in [0.25, 0.3) is 11.5 Å². The van der Waals surface area contributed by atoms with Gasteiger partial charge in [0.05, 0.1) is 11.6 Å². The van der Waals surface area contributed by atoms with Gasteiger partial charge in [0.2, 0.25) is 0 Å². The molecule has 0 aliphatic carbocycles. The lowest BCUT2D eigenvalue weighted by Crippen LogP contribution is -2.53. The summed E-state index contributed by atoms with van der Waals surface area (Å²) in [5, 5.41) is 13.9. The van der Waals surface area contributed by atoms with Crippen LogP contribution in [0.3, 0.4) is 0 Å². The number of aliphatic hydroxyl groups is 1. The van der Waals surface area contributed by atoms with Gasteiger partial charge in [-0.15, -0.1) is 0 Å². The Kier molecular flexibility index (Phi) is 10.3. The maximum atomic E-state index is 14.2. The van der Waals surface area contributed by atoms with Crippen LogP contribution in [-0.4, -0.2) is 117 Å². The number of aliphatic hydroxyl groups excluding tert-OH is 1. The minimum Gasteiger partial charge on any atom is -0.436 e. The molecule has 0 radical (unpaired) electrons. The van der Waals surface area contributed by atoms with Crippen molar-refractivity contribution in [3.63, 3.8) is 0 Å². The van der Waals surface area contributed by atoms with E-state index in [4.69, 9.17) is 4.74 Å². The Morgan fingerprint density at radius 1 is 0.863 bits per heavy atom. The highest BCUT2D eigenvalue weighted by Gasteiger charge is 2.36. The second-order valence-corrected chi connectivity index (χ2v) is 14.7. The zero-order valence-corrected chi connectivity index (χ0v) is 29.8. The highest BCUT2D eigenvalue weighted by molar-refractivity contribution is 5.91. The number of amides is 4. The van der Waals surface area contributed by atoms with E-state index in [0.717, 1.165) is 78.5 Å². The quantitative estimate of drug-likeness (QED) is 0.400. The van der Waals surface area contributed by atoms with E-state index >= 15 is 0 Å². The fourth-order valence-electron chi connectivity index (χ4n) is 8.56. The first-order valence-electron chi connectivity index (χ1n) is 18.6. The van der Waals surface area contributed by atoms with E-state index in [1.165, 1.54) is 0 Å². The number of likely N-dealkylation sites (tertiary alicyclic amines) is 3. The third kappa shape index (κ3) is 7.62. The van der Waals surface area contributed by atoms with E-state index in [1.54, 1.807) is 28.6 Å². The molecule has 2 aromatic carbocycles. The second-order valence-electron chi connectivity index (χ2n) is 14.7. The highest BCUT2D eigenvalue weighted by Crippen LogP contribution is 2.27. The van der Waals surface area contributed by atoms with Crippen molar-refractivity contribution in [3.8, 4) is 0 Å². The Balaban J connectivity index is 1.03. The van der Waals surface area contributed by atoms with E-state index in [-0.39, 0.29) is 36.1 Å². The van der Waals surface area contributed by atoms with Crippen molar-refractivity contribution in [3.05, 3.63) is 75.6 Å². The number of hydrogen-bond acceptors (Lipinski definition) is 7. The lowest BCUT2D eigenvalue weighted by molar-refractivity contribution is -0.142. The van der Waals surface area contributed by atoms with E-state index in [0.29, 0.717) is 51.6 Å². The smallest absolute Gasteiger partial charge is 0.410 e. The fraction of sp³-hybridized carbons (Fsp3) is 0.538. The topological polar surface area (TPSA) is 128 Å². The maximum Gasteiger partial charge on any atom is 0.410 e. The molecule has 51 heavy (non-hydrogen) atoms. The van der Waals surface area contributed by atoms with Crippen LogP contribution >= 0.6 is 0 Å². The summed E-state index contributed by atoms with van der Waals surface area (Å²) in [6, 6.07) is 15.4. The van der Waals surface area contributed by atoms with Gasteiger partial charge >= 0.3 is 12.1 Å². The number of nitrogens with one attached hydrogen (secondary N) is 1. The molecule has 1 atom stereocenters. The Morgan fingerprint density at radius 2 is 1.55 bits per heavy atom. The fourth-order valence-corrected chi connectivity index (χ4v) is 8.56. The number of pyridine rings is 1. The molecule has 3 saturated heterocycles. The monoisotopic (exact) mass is 698 g/mol. The van der Waals surface area contributed by atoms with Gasteiger partial charge in [0.15, 0.2) is 6.10 Å². The summed E-state index contributed by atoms with van der Waals surface area (Å²) in [7, 11) is 1.75. The molecule has 0 bridgehead atoms. The van der Waals surface area contributed by atoms with Crippen LogP contribution in [0.15, 0.2) is 53.3 Å². The average Bonchev–Trinajstić information content (AvgIpc) is 3.31. The second kappa shape index (κ2) is 15.1. The van der Waals surface area contributed by atoms with Crippen LogP contribution in [0.4, 0.5) is 15.3 Å². The van der Waals surface area contributed by atoms with Crippen LogP contribution in [0.5, 0.6) is 0 Å². The van der Waals surface area contributed by atoms with Crippen LogP contribution in [0, 0.1) is 6.92 Å². The third-order valence-corrected chi connectivity index (χ3v) is 11.5. The zero-order chi connectivity index (χ0) is 35.6. The molecule has 4 aliphatic heterocycles. The summed E-state index contributed by atoms with van der Waals surface area (Å²) < 4.78 is 7.76. The van der Waals surface area contributed by atoms with Gasteiger partial charge in [-0.05, 0) is 92.1 Å². The number of aryl methyl sites for hydroxylation is 2. The molecule has 1 aromatic heterocycles. The number of benzene rings is 2. The third-order valence-electron chi connectivity index (χ3n) is 11.5. The molecule has 7 rings (SSSR count). The van der Waals surface area contributed by atoms with Crippen molar-refractivity contribution in [1.29, 1.82) is 0 Å². The van der Waals surface area contributed by atoms with Crippen LogP contribution in [0.25, 0.3) is 10.9 Å². The van der Waals surface area contributed by atoms with Crippen molar-refractivity contribution < 1.29 is 24.2 Å². The minimum absolute atomic E-state index is 0.00166. The largest absolute Gasteiger partial charge is 0.436 e. The number of carbonyl (C=O) groups excluding carboxylic acids is 3. The molecule has 0 saturated carbocycles. The molecule has 12 heteroatoms. The lowest BCUT2D eigenvalue weighted by Gasteiger charge is -2.41. The summed E-state index contributed by atoms with van der Waals surface area (Å²) in [4.78, 5) is 61.3. The number of nitrogens with zero attached hydrogens (tertiary/aromatic N) is 5. The van der Waals surface area contributed by atoms with Gasteiger partial charge in [-0.2, -0.15) is 0 Å². The summed E-state index contributed by atoms with van der Waals surface area (Å²) in [5.41, 5.74) is 4.49. The van der Waals surface area contributed by atoms with E-state index in [2.05, 4.69) is 10.2 Å². The predicted octanol–water partition coefficient (Wildman–Crippen LogP) is 3.90. The first-order valence-corrected chi connectivity index (χ1v) is 18.6. The Labute approximate surface area is 298 Å². The van der Waals surface area contributed by atoms with Gasteiger partial charge in [0.1, 0.15) is 0 Å². The lowest BCUT2D eigenvalue weighted by atomic mass is 9.97. The Bertz CT molecular complexity index is 1820. The number of ether oxygens (including phenoxy) is 1. The molecule has 0 unspecified atom stereocenters. The molecule has 3 aromatic rings. The van der Waals surface area contributed by atoms with Gasteiger partial charge in [0, 0.05) is 83.1 Å². The minimum atomic E-state index is -1.00. The molecule has 5 heterocycles. The number of carbonyl (C=O) groups is 3. The van der Waals surface area contributed by atoms with E-state index in [1.807, 2.05) is 53.1 Å². The molecule has 12 nitrogen and oxygen atoms in total. The zero-order valence-electron chi connectivity index (χ0n) is 29.8. The molecule has 4 amide bonds. The first-order chi connectivity index (χ1) is 24.6. The number of hydrogen-bond donors (Lipinski definition) is 2. The van der Waals surface area contributed by atoms with Gasteiger partial charge in [-0.3, -0.25) is 9.59 Å². The van der Waals surface area contributed by atoms with Crippen molar-refractivity contribution in [1.82, 2.24) is 24.2 Å². The summed E-state index contributed by atoms with van der Waals surface area (Å²) in [6.45, 7) is 6.35. The number of piperidine rings is 3. The van der Waals surface area contributed by atoms with Crippen molar-refractivity contribution in [2.24, 2.45) is 7.05 Å². The molecule has 2 N–H and O–H groups in total. The number of para-hydroxylation sites is 1. The van der Waals surface area contributed by atoms with Crippen LogP contribution < -0.4 is 10.9 Å². The Morgan fingerprint density at radius 3 is 2.29 bits per heavy atom. The van der Waals surface area contributed by atoms with Crippen molar-refractivity contribution in [2.45, 2.75) is 82.6 Å². The molecule has 0 spiro atoms. The SMILES string of the molecule is Cc1cc(C[C@@H](OC(=O)N2CCC(N3CCc4ccccc4NC3=O)CC2)C(=O)N2CCC(N3CCC(O)CC3)CC2)cc2ccc(=O)n(C)c12.